The predicted octanol–water partition coefficient (Wildman–Crippen LogP) is 1.98. The van der Waals surface area contributed by atoms with Crippen molar-refractivity contribution in [2.45, 2.75) is 25.9 Å². The Hall–Kier alpha value is -0.430. The van der Waals surface area contributed by atoms with E-state index in [0.717, 1.165) is 29.7 Å². The maximum Gasteiger partial charge on any atom is 0.0741 e. The second kappa shape index (κ2) is 8.63. The summed E-state index contributed by atoms with van der Waals surface area (Å²) in [5.41, 5.74) is 1.11. The van der Waals surface area contributed by atoms with Crippen LogP contribution in [-0.4, -0.2) is 43.8 Å². The molecule has 1 atom stereocenters. The van der Waals surface area contributed by atoms with Gasteiger partial charge in [0.05, 0.1) is 42.2 Å². The van der Waals surface area contributed by atoms with Crippen molar-refractivity contribution in [3.05, 3.63) is 16.4 Å². The SMILES string of the molecule is CCCNC(COC)c1c(Br)cnn1CCOC. The Labute approximate surface area is 117 Å². The first kappa shape index (κ1) is 15.6. The van der Waals surface area contributed by atoms with Crippen molar-refractivity contribution < 1.29 is 9.47 Å². The molecule has 1 aromatic heterocycles. The van der Waals surface area contributed by atoms with Crippen molar-refractivity contribution >= 4 is 15.9 Å². The first-order valence-electron chi connectivity index (χ1n) is 6.17. The van der Waals surface area contributed by atoms with E-state index in [9.17, 15) is 0 Å². The largest absolute Gasteiger partial charge is 0.383 e. The Balaban J connectivity index is 2.83. The van der Waals surface area contributed by atoms with Gasteiger partial charge in [-0.25, -0.2) is 0 Å². The molecule has 0 aliphatic rings. The molecule has 104 valence electrons. The van der Waals surface area contributed by atoms with Crippen LogP contribution in [0.4, 0.5) is 0 Å². The molecular formula is C12H22BrN3O2. The van der Waals surface area contributed by atoms with Crippen molar-refractivity contribution in [1.29, 1.82) is 0 Å². The van der Waals surface area contributed by atoms with Crippen LogP contribution in [-0.2, 0) is 16.0 Å². The number of hydrogen-bond donors (Lipinski definition) is 1. The average Bonchev–Trinajstić information content (AvgIpc) is 2.73. The van der Waals surface area contributed by atoms with Crippen LogP contribution in [0.2, 0.25) is 0 Å². The van der Waals surface area contributed by atoms with E-state index in [-0.39, 0.29) is 6.04 Å². The van der Waals surface area contributed by atoms with Gasteiger partial charge in [0, 0.05) is 14.2 Å². The van der Waals surface area contributed by atoms with Crippen LogP contribution in [0.5, 0.6) is 0 Å². The molecule has 0 spiro atoms. The van der Waals surface area contributed by atoms with Crippen LogP contribution in [0, 0.1) is 0 Å². The van der Waals surface area contributed by atoms with Gasteiger partial charge in [-0.3, -0.25) is 4.68 Å². The highest BCUT2D eigenvalue weighted by molar-refractivity contribution is 9.10. The first-order chi connectivity index (χ1) is 8.74. The van der Waals surface area contributed by atoms with E-state index >= 15 is 0 Å². The molecule has 0 bridgehead atoms. The summed E-state index contributed by atoms with van der Waals surface area (Å²) >= 11 is 3.55. The molecule has 0 aliphatic carbocycles. The molecule has 18 heavy (non-hydrogen) atoms. The third-order valence-corrected chi connectivity index (χ3v) is 3.26. The van der Waals surface area contributed by atoms with Crippen LogP contribution in [0.15, 0.2) is 10.7 Å². The third-order valence-electron chi connectivity index (χ3n) is 2.64. The zero-order valence-corrected chi connectivity index (χ0v) is 12.9. The van der Waals surface area contributed by atoms with Crippen LogP contribution in [0.1, 0.15) is 25.1 Å². The molecule has 1 heterocycles. The minimum Gasteiger partial charge on any atom is -0.383 e. The molecule has 0 aromatic carbocycles. The van der Waals surface area contributed by atoms with Crippen LogP contribution in [0.25, 0.3) is 0 Å². The molecule has 6 heteroatoms. The van der Waals surface area contributed by atoms with Gasteiger partial charge in [0.15, 0.2) is 0 Å². The number of nitrogens with one attached hydrogen (secondary N) is 1. The number of halogens is 1. The molecule has 0 fully saturated rings. The third kappa shape index (κ3) is 4.35. The maximum atomic E-state index is 5.28. The van der Waals surface area contributed by atoms with Gasteiger partial charge >= 0.3 is 0 Å². The number of methoxy groups -OCH3 is 2. The average molecular weight is 320 g/mol. The molecule has 0 radical (unpaired) electrons. The Bertz CT molecular complexity index is 344. The topological polar surface area (TPSA) is 48.3 Å². The van der Waals surface area contributed by atoms with Crippen LogP contribution >= 0.6 is 15.9 Å². The summed E-state index contributed by atoms with van der Waals surface area (Å²) in [7, 11) is 3.41. The van der Waals surface area contributed by atoms with E-state index in [0.29, 0.717) is 13.2 Å². The fourth-order valence-electron chi connectivity index (χ4n) is 1.79. The van der Waals surface area contributed by atoms with E-state index in [4.69, 9.17) is 9.47 Å². The quantitative estimate of drug-likeness (QED) is 0.756. The highest BCUT2D eigenvalue weighted by Gasteiger charge is 2.19. The zero-order chi connectivity index (χ0) is 13.4. The summed E-state index contributed by atoms with van der Waals surface area (Å²) in [4.78, 5) is 0. The fraction of sp³-hybridized carbons (Fsp3) is 0.750. The normalized spacial score (nSPS) is 12.9. The highest BCUT2D eigenvalue weighted by Crippen LogP contribution is 2.23. The summed E-state index contributed by atoms with van der Waals surface area (Å²) in [6.07, 6.45) is 2.91. The molecule has 0 saturated carbocycles. The summed E-state index contributed by atoms with van der Waals surface area (Å²) in [6.45, 7) is 5.11. The van der Waals surface area contributed by atoms with Gasteiger partial charge in [0.2, 0.25) is 0 Å². The van der Waals surface area contributed by atoms with Gasteiger partial charge < -0.3 is 14.8 Å². The molecule has 1 aromatic rings. The Morgan fingerprint density at radius 2 is 2.22 bits per heavy atom. The Morgan fingerprint density at radius 1 is 1.44 bits per heavy atom. The van der Waals surface area contributed by atoms with Crippen LogP contribution in [0.3, 0.4) is 0 Å². The van der Waals surface area contributed by atoms with Crippen molar-refractivity contribution in [3.8, 4) is 0 Å². The summed E-state index contributed by atoms with van der Waals surface area (Å²) in [5.74, 6) is 0. The van der Waals surface area contributed by atoms with Crippen molar-refractivity contribution in [1.82, 2.24) is 15.1 Å². The van der Waals surface area contributed by atoms with Crippen LogP contribution < -0.4 is 5.32 Å². The molecule has 5 nitrogen and oxygen atoms in total. The Kier molecular flexibility index (Phi) is 7.50. The van der Waals surface area contributed by atoms with Gasteiger partial charge in [0.25, 0.3) is 0 Å². The van der Waals surface area contributed by atoms with E-state index in [1.54, 1.807) is 14.2 Å². The molecular weight excluding hydrogens is 298 g/mol. The van der Waals surface area contributed by atoms with E-state index in [2.05, 4.69) is 33.3 Å². The fourth-order valence-corrected chi connectivity index (χ4v) is 2.37. The van der Waals surface area contributed by atoms with Gasteiger partial charge in [0.1, 0.15) is 0 Å². The summed E-state index contributed by atoms with van der Waals surface area (Å²) in [6, 6.07) is 0.142. The molecule has 0 aliphatic heterocycles. The molecule has 1 N–H and O–H groups in total. The van der Waals surface area contributed by atoms with E-state index < -0.39 is 0 Å². The second-order valence-electron chi connectivity index (χ2n) is 4.06. The molecule has 1 unspecified atom stereocenters. The van der Waals surface area contributed by atoms with Crippen molar-refractivity contribution in [2.75, 3.05) is 34.0 Å². The summed E-state index contributed by atoms with van der Waals surface area (Å²) in [5, 5.41) is 7.83. The van der Waals surface area contributed by atoms with Crippen molar-refractivity contribution in [3.63, 3.8) is 0 Å². The second-order valence-corrected chi connectivity index (χ2v) is 4.91. The lowest BCUT2D eigenvalue weighted by Crippen LogP contribution is -2.29. The zero-order valence-electron chi connectivity index (χ0n) is 11.3. The number of rotatable bonds is 9. The van der Waals surface area contributed by atoms with Gasteiger partial charge in [-0.2, -0.15) is 5.10 Å². The lowest BCUT2D eigenvalue weighted by Gasteiger charge is -2.20. The number of ether oxygens (including phenoxy) is 2. The predicted molar refractivity (Wildman–Crippen MR) is 74.7 cm³/mol. The van der Waals surface area contributed by atoms with Gasteiger partial charge in [-0.05, 0) is 28.9 Å². The monoisotopic (exact) mass is 319 g/mol. The lowest BCUT2D eigenvalue weighted by atomic mass is 10.2. The minimum absolute atomic E-state index is 0.142. The number of nitrogens with zero attached hydrogens (tertiary/aromatic N) is 2. The smallest absolute Gasteiger partial charge is 0.0741 e. The van der Waals surface area contributed by atoms with E-state index in [1.807, 2.05) is 10.9 Å². The van der Waals surface area contributed by atoms with Gasteiger partial charge in [-0.15, -0.1) is 0 Å². The molecule has 0 saturated heterocycles. The lowest BCUT2D eigenvalue weighted by molar-refractivity contribution is 0.157. The summed E-state index contributed by atoms with van der Waals surface area (Å²) < 4.78 is 13.3. The Morgan fingerprint density at radius 3 is 2.83 bits per heavy atom. The highest BCUT2D eigenvalue weighted by atomic mass is 79.9. The first-order valence-corrected chi connectivity index (χ1v) is 6.96. The molecule has 1 rings (SSSR count). The number of hydrogen-bond acceptors (Lipinski definition) is 4. The standard InChI is InChI=1S/C12H22BrN3O2/c1-4-5-14-11(9-18-3)12-10(13)8-15-16(12)6-7-17-2/h8,11,14H,4-7,9H2,1-3H3. The minimum atomic E-state index is 0.142. The molecule has 0 amide bonds. The number of aromatic nitrogens is 2. The van der Waals surface area contributed by atoms with E-state index in [1.165, 1.54) is 0 Å². The van der Waals surface area contributed by atoms with Gasteiger partial charge in [-0.1, -0.05) is 6.92 Å². The maximum absolute atomic E-state index is 5.28. The van der Waals surface area contributed by atoms with Crippen molar-refractivity contribution in [2.24, 2.45) is 0 Å².